The van der Waals surface area contributed by atoms with Gasteiger partial charge in [0, 0.05) is 18.8 Å². The Hall–Kier alpha value is -2.89. The Balaban J connectivity index is 2.10. The summed E-state index contributed by atoms with van der Waals surface area (Å²) in [6, 6.07) is 14.0. The standard InChI is InChI=1S/C17H19N3O3/c1-3-13-8-4-5-9-14(13)18-17(21)12-19(2)15-10-6-7-11-16(15)20(22)23/h4-11H,3,12H2,1-2H3,(H,18,21). The van der Waals surface area contributed by atoms with E-state index in [4.69, 9.17) is 0 Å². The molecule has 2 aromatic carbocycles. The topological polar surface area (TPSA) is 75.5 Å². The number of nitrogens with zero attached hydrogens (tertiary/aromatic N) is 2. The number of hydrogen-bond donors (Lipinski definition) is 1. The number of nitro benzene ring substituents is 1. The van der Waals surface area contributed by atoms with Gasteiger partial charge in [0.1, 0.15) is 5.69 Å². The van der Waals surface area contributed by atoms with E-state index in [-0.39, 0.29) is 18.1 Å². The third-order valence-corrected chi connectivity index (χ3v) is 3.54. The molecule has 120 valence electrons. The molecule has 0 radical (unpaired) electrons. The molecule has 1 N–H and O–H groups in total. The zero-order valence-corrected chi connectivity index (χ0v) is 13.2. The highest BCUT2D eigenvalue weighted by Crippen LogP contribution is 2.26. The molecule has 2 rings (SSSR count). The second kappa shape index (κ2) is 7.40. The summed E-state index contributed by atoms with van der Waals surface area (Å²) in [4.78, 5) is 24.4. The number of anilines is 2. The molecule has 0 bridgehead atoms. The molecule has 6 nitrogen and oxygen atoms in total. The van der Waals surface area contributed by atoms with Crippen molar-refractivity contribution < 1.29 is 9.72 Å². The van der Waals surface area contributed by atoms with Crippen molar-refractivity contribution in [2.24, 2.45) is 0 Å². The van der Waals surface area contributed by atoms with E-state index in [0.717, 1.165) is 17.7 Å². The van der Waals surface area contributed by atoms with Gasteiger partial charge >= 0.3 is 0 Å². The van der Waals surface area contributed by atoms with Gasteiger partial charge in [-0.15, -0.1) is 0 Å². The zero-order chi connectivity index (χ0) is 16.8. The third-order valence-electron chi connectivity index (χ3n) is 3.54. The van der Waals surface area contributed by atoms with Crippen LogP contribution in [0.15, 0.2) is 48.5 Å². The molecule has 0 unspecified atom stereocenters. The fraction of sp³-hybridized carbons (Fsp3) is 0.235. The summed E-state index contributed by atoms with van der Waals surface area (Å²) in [6.07, 6.45) is 0.816. The summed E-state index contributed by atoms with van der Waals surface area (Å²) in [5.74, 6) is -0.216. The Labute approximate surface area is 134 Å². The number of nitro groups is 1. The van der Waals surface area contributed by atoms with Crippen molar-refractivity contribution in [3.63, 3.8) is 0 Å². The van der Waals surface area contributed by atoms with Crippen LogP contribution in [0.1, 0.15) is 12.5 Å². The van der Waals surface area contributed by atoms with Crippen LogP contribution in [-0.4, -0.2) is 24.4 Å². The fourth-order valence-corrected chi connectivity index (χ4v) is 2.38. The number of likely N-dealkylation sites (N-methyl/N-ethyl adjacent to an activating group) is 1. The number of benzene rings is 2. The Morgan fingerprint density at radius 3 is 2.52 bits per heavy atom. The lowest BCUT2D eigenvalue weighted by atomic mass is 10.1. The van der Waals surface area contributed by atoms with E-state index < -0.39 is 4.92 Å². The van der Waals surface area contributed by atoms with Crippen molar-refractivity contribution >= 4 is 23.0 Å². The van der Waals surface area contributed by atoms with Gasteiger partial charge in [0.05, 0.1) is 11.5 Å². The van der Waals surface area contributed by atoms with Crippen molar-refractivity contribution in [2.45, 2.75) is 13.3 Å². The van der Waals surface area contributed by atoms with Crippen molar-refractivity contribution in [3.8, 4) is 0 Å². The van der Waals surface area contributed by atoms with Crippen LogP contribution in [-0.2, 0) is 11.2 Å². The molecule has 0 aliphatic heterocycles. The number of nitrogens with one attached hydrogen (secondary N) is 1. The van der Waals surface area contributed by atoms with Gasteiger partial charge < -0.3 is 10.2 Å². The van der Waals surface area contributed by atoms with E-state index in [1.807, 2.05) is 31.2 Å². The predicted octanol–water partition coefficient (Wildman–Crippen LogP) is 3.23. The molecule has 0 heterocycles. The van der Waals surface area contributed by atoms with Gasteiger partial charge in [-0.2, -0.15) is 0 Å². The quantitative estimate of drug-likeness (QED) is 0.656. The summed E-state index contributed by atoms with van der Waals surface area (Å²) in [5.41, 5.74) is 2.22. The lowest BCUT2D eigenvalue weighted by Crippen LogP contribution is -2.30. The van der Waals surface area contributed by atoms with Crippen molar-refractivity contribution in [2.75, 3.05) is 23.8 Å². The number of para-hydroxylation sites is 3. The molecular formula is C17H19N3O3. The van der Waals surface area contributed by atoms with Crippen LogP contribution in [0, 0.1) is 10.1 Å². The zero-order valence-electron chi connectivity index (χ0n) is 13.2. The minimum Gasteiger partial charge on any atom is -0.360 e. The molecule has 0 aliphatic rings. The van der Waals surface area contributed by atoms with E-state index >= 15 is 0 Å². The first-order valence-electron chi connectivity index (χ1n) is 7.35. The van der Waals surface area contributed by atoms with Gasteiger partial charge in [-0.25, -0.2) is 0 Å². The highest BCUT2D eigenvalue weighted by molar-refractivity contribution is 5.95. The van der Waals surface area contributed by atoms with E-state index in [0.29, 0.717) is 5.69 Å². The fourth-order valence-electron chi connectivity index (χ4n) is 2.38. The first-order chi connectivity index (χ1) is 11.0. The lowest BCUT2D eigenvalue weighted by molar-refractivity contribution is -0.384. The summed E-state index contributed by atoms with van der Waals surface area (Å²) < 4.78 is 0. The number of hydrogen-bond acceptors (Lipinski definition) is 4. The highest BCUT2D eigenvalue weighted by Gasteiger charge is 2.18. The van der Waals surface area contributed by atoms with Gasteiger partial charge in [0.2, 0.25) is 5.91 Å². The molecule has 0 aliphatic carbocycles. The second-order valence-electron chi connectivity index (χ2n) is 5.16. The highest BCUT2D eigenvalue weighted by atomic mass is 16.6. The van der Waals surface area contributed by atoms with Gasteiger partial charge in [-0.3, -0.25) is 14.9 Å². The monoisotopic (exact) mass is 313 g/mol. The largest absolute Gasteiger partial charge is 0.360 e. The Kier molecular flexibility index (Phi) is 5.30. The Morgan fingerprint density at radius 1 is 1.17 bits per heavy atom. The third kappa shape index (κ3) is 4.06. The summed E-state index contributed by atoms with van der Waals surface area (Å²) >= 11 is 0. The molecular weight excluding hydrogens is 294 g/mol. The smallest absolute Gasteiger partial charge is 0.292 e. The minimum atomic E-state index is -0.448. The van der Waals surface area contributed by atoms with Crippen LogP contribution in [0.4, 0.5) is 17.1 Å². The lowest BCUT2D eigenvalue weighted by Gasteiger charge is -2.19. The van der Waals surface area contributed by atoms with Crippen LogP contribution in [0.2, 0.25) is 0 Å². The molecule has 0 spiro atoms. The average Bonchev–Trinajstić information content (AvgIpc) is 2.55. The van der Waals surface area contributed by atoms with E-state index in [9.17, 15) is 14.9 Å². The molecule has 0 aromatic heterocycles. The number of carbonyl (C=O) groups excluding carboxylic acids is 1. The van der Waals surface area contributed by atoms with Crippen LogP contribution in [0.3, 0.4) is 0 Å². The van der Waals surface area contributed by atoms with E-state index in [1.165, 1.54) is 6.07 Å². The molecule has 0 saturated carbocycles. The number of carbonyl (C=O) groups is 1. The Morgan fingerprint density at radius 2 is 1.83 bits per heavy atom. The maximum Gasteiger partial charge on any atom is 0.292 e. The Bertz CT molecular complexity index is 716. The number of rotatable bonds is 6. The van der Waals surface area contributed by atoms with Crippen LogP contribution >= 0.6 is 0 Å². The molecule has 0 atom stereocenters. The second-order valence-corrected chi connectivity index (χ2v) is 5.16. The first-order valence-corrected chi connectivity index (χ1v) is 7.35. The molecule has 2 aromatic rings. The predicted molar refractivity (Wildman–Crippen MR) is 90.8 cm³/mol. The normalized spacial score (nSPS) is 10.2. The van der Waals surface area contributed by atoms with Gasteiger partial charge in [-0.05, 0) is 24.1 Å². The minimum absolute atomic E-state index is 0.0169. The first kappa shape index (κ1) is 16.5. The molecule has 1 amide bonds. The number of amides is 1. The SMILES string of the molecule is CCc1ccccc1NC(=O)CN(C)c1ccccc1[N+](=O)[O-]. The molecule has 0 saturated heterocycles. The van der Waals surface area contributed by atoms with Gasteiger partial charge in [0.25, 0.3) is 5.69 Å². The van der Waals surface area contributed by atoms with Gasteiger partial charge in [-0.1, -0.05) is 37.3 Å². The molecule has 23 heavy (non-hydrogen) atoms. The van der Waals surface area contributed by atoms with Crippen LogP contribution in [0.25, 0.3) is 0 Å². The molecule has 6 heteroatoms. The van der Waals surface area contributed by atoms with Crippen LogP contribution in [0.5, 0.6) is 0 Å². The number of aryl methyl sites for hydroxylation is 1. The van der Waals surface area contributed by atoms with Crippen molar-refractivity contribution in [3.05, 3.63) is 64.2 Å². The summed E-state index contributed by atoms with van der Waals surface area (Å²) in [6.45, 7) is 2.05. The van der Waals surface area contributed by atoms with E-state index in [2.05, 4.69) is 5.32 Å². The van der Waals surface area contributed by atoms with Crippen LogP contribution < -0.4 is 10.2 Å². The van der Waals surface area contributed by atoms with Crippen molar-refractivity contribution in [1.82, 2.24) is 0 Å². The van der Waals surface area contributed by atoms with Gasteiger partial charge in [0.15, 0.2) is 0 Å². The van der Waals surface area contributed by atoms with Crippen molar-refractivity contribution in [1.29, 1.82) is 0 Å². The average molecular weight is 313 g/mol. The molecule has 0 fully saturated rings. The maximum atomic E-state index is 12.2. The maximum absolute atomic E-state index is 12.2. The summed E-state index contributed by atoms with van der Waals surface area (Å²) in [7, 11) is 1.66. The van der Waals surface area contributed by atoms with E-state index in [1.54, 1.807) is 30.1 Å². The summed E-state index contributed by atoms with van der Waals surface area (Å²) in [5, 5.41) is 13.9.